The van der Waals surface area contributed by atoms with Crippen molar-refractivity contribution in [1.29, 1.82) is 0 Å². The minimum Gasteiger partial charge on any atom is -0.465 e. The van der Waals surface area contributed by atoms with E-state index in [0.717, 1.165) is 16.9 Å². The normalized spacial score (nSPS) is 19.6. The van der Waals surface area contributed by atoms with Crippen LogP contribution in [0.2, 0.25) is 5.02 Å². The fourth-order valence-electron chi connectivity index (χ4n) is 6.07. The second-order valence-corrected chi connectivity index (χ2v) is 10.8. The molecule has 2 unspecified atom stereocenters. The van der Waals surface area contributed by atoms with Gasteiger partial charge in [0.05, 0.1) is 47.6 Å². The maximum atomic E-state index is 14.0. The van der Waals surface area contributed by atoms with E-state index in [0.29, 0.717) is 34.8 Å². The average Bonchev–Trinajstić information content (AvgIpc) is 3.53. The number of ether oxygens (including phenoxy) is 1. The highest BCUT2D eigenvalue weighted by atomic mass is 35.5. The molecule has 2 atom stereocenters. The number of halogens is 1. The minimum absolute atomic E-state index is 0.135. The van der Waals surface area contributed by atoms with Gasteiger partial charge in [-0.3, -0.25) is 24.1 Å². The number of carbonyl (C=O) groups is 5. The van der Waals surface area contributed by atoms with E-state index in [1.807, 2.05) is 0 Å². The van der Waals surface area contributed by atoms with Gasteiger partial charge in [-0.15, -0.1) is 0 Å². The van der Waals surface area contributed by atoms with Gasteiger partial charge >= 0.3 is 5.97 Å². The largest absolute Gasteiger partial charge is 0.465 e. The molecule has 10 heteroatoms. The molecule has 1 aliphatic carbocycles. The van der Waals surface area contributed by atoms with Crippen LogP contribution in [-0.4, -0.2) is 54.2 Å². The summed E-state index contributed by atoms with van der Waals surface area (Å²) in [6.45, 7) is -0.252. The Morgan fingerprint density at radius 3 is 2.22 bits per heavy atom. The molecule has 4 amide bonds. The topological polar surface area (TPSA) is 104 Å². The lowest BCUT2D eigenvalue weighted by molar-refractivity contribution is -0.123. The first kappa shape index (κ1) is 26.7. The number of amides is 4. The van der Waals surface area contributed by atoms with Gasteiger partial charge in [0.25, 0.3) is 11.8 Å². The lowest BCUT2D eigenvalue weighted by Gasteiger charge is -2.31. The van der Waals surface area contributed by atoms with Crippen LogP contribution in [-0.2, 0) is 20.9 Å². The van der Waals surface area contributed by atoms with E-state index < -0.39 is 42.2 Å². The molecule has 3 aliphatic rings. The average molecular weight is 572 g/mol. The Kier molecular flexibility index (Phi) is 6.83. The smallest absolute Gasteiger partial charge is 0.337 e. The highest BCUT2D eigenvalue weighted by Crippen LogP contribution is 2.44. The zero-order valence-corrected chi connectivity index (χ0v) is 23.0. The van der Waals surface area contributed by atoms with Gasteiger partial charge in [-0.1, -0.05) is 42.3 Å². The van der Waals surface area contributed by atoms with E-state index in [2.05, 4.69) is 0 Å². The number of imide groups is 1. The molecule has 0 saturated heterocycles. The van der Waals surface area contributed by atoms with Crippen molar-refractivity contribution in [1.82, 2.24) is 4.90 Å². The van der Waals surface area contributed by atoms with Crippen molar-refractivity contribution < 1.29 is 28.7 Å². The Morgan fingerprint density at radius 2 is 1.56 bits per heavy atom. The second-order valence-electron chi connectivity index (χ2n) is 10.4. The van der Waals surface area contributed by atoms with Crippen LogP contribution in [0.4, 0.5) is 11.4 Å². The number of hydrogen-bond acceptors (Lipinski definition) is 6. The molecule has 9 nitrogen and oxygen atoms in total. The fourth-order valence-corrected chi connectivity index (χ4v) is 6.24. The van der Waals surface area contributed by atoms with Gasteiger partial charge in [0.2, 0.25) is 11.8 Å². The van der Waals surface area contributed by atoms with E-state index >= 15 is 0 Å². The molecular weight excluding hydrogens is 546 g/mol. The van der Waals surface area contributed by atoms with Crippen molar-refractivity contribution in [2.45, 2.75) is 31.8 Å². The van der Waals surface area contributed by atoms with Gasteiger partial charge in [0.1, 0.15) is 6.54 Å². The van der Waals surface area contributed by atoms with Gasteiger partial charge in [-0.05, 0) is 60.9 Å². The molecule has 3 aromatic rings. The van der Waals surface area contributed by atoms with Crippen LogP contribution in [0, 0.1) is 5.92 Å². The quantitative estimate of drug-likeness (QED) is 0.330. The Bertz CT molecular complexity index is 1570. The van der Waals surface area contributed by atoms with E-state index in [4.69, 9.17) is 16.3 Å². The first-order valence-corrected chi connectivity index (χ1v) is 13.7. The lowest BCUT2D eigenvalue weighted by atomic mass is 10.0. The molecular formula is C31H26ClN3O6. The summed E-state index contributed by atoms with van der Waals surface area (Å²) >= 11 is 6.40. The van der Waals surface area contributed by atoms with Gasteiger partial charge in [-0.25, -0.2) is 4.79 Å². The van der Waals surface area contributed by atoms with E-state index in [1.54, 1.807) is 76.5 Å². The van der Waals surface area contributed by atoms with Crippen molar-refractivity contribution in [3.05, 3.63) is 94.0 Å². The minimum atomic E-state index is -0.513. The number of hydrogen-bond donors (Lipinski definition) is 0. The van der Waals surface area contributed by atoms with Crippen LogP contribution in [0.25, 0.3) is 0 Å². The summed E-state index contributed by atoms with van der Waals surface area (Å²) in [6.07, 6.45) is 1.95. The Hall–Kier alpha value is -4.50. The Morgan fingerprint density at radius 1 is 0.878 bits per heavy atom. The van der Waals surface area contributed by atoms with Crippen molar-refractivity contribution in [3.8, 4) is 0 Å². The number of benzene rings is 3. The van der Waals surface area contributed by atoms with Crippen molar-refractivity contribution in [2.24, 2.45) is 5.92 Å². The van der Waals surface area contributed by atoms with Crippen LogP contribution in [0.15, 0.2) is 66.7 Å². The number of anilines is 2. The third kappa shape index (κ3) is 4.56. The Balaban J connectivity index is 1.36. The van der Waals surface area contributed by atoms with Crippen molar-refractivity contribution >= 4 is 52.6 Å². The number of methoxy groups -OCH3 is 1. The monoisotopic (exact) mass is 571 g/mol. The molecule has 6 rings (SSSR count). The predicted octanol–water partition coefficient (Wildman–Crippen LogP) is 4.47. The first-order valence-electron chi connectivity index (χ1n) is 13.3. The van der Waals surface area contributed by atoms with Crippen LogP contribution in [0.3, 0.4) is 0 Å². The molecule has 208 valence electrons. The molecule has 0 spiro atoms. The van der Waals surface area contributed by atoms with Gasteiger partial charge in [-0.2, -0.15) is 0 Å². The highest BCUT2D eigenvalue weighted by molar-refractivity contribution is 6.31. The van der Waals surface area contributed by atoms with E-state index in [9.17, 15) is 24.0 Å². The van der Waals surface area contributed by atoms with E-state index in [-0.39, 0.29) is 23.6 Å². The number of esters is 1. The summed E-state index contributed by atoms with van der Waals surface area (Å²) in [7, 11) is 1.31. The molecule has 0 N–H and O–H groups in total. The van der Waals surface area contributed by atoms with Gasteiger partial charge in [0.15, 0.2) is 0 Å². The summed E-state index contributed by atoms with van der Waals surface area (Å²) in [5.41, 5.74) is 2.66. The number of fused-ring (bicyclic) bond motifs is 3. The molecule has 3 aromatic carbocycles. The molecule has 1 fully saturated rings. The molecule has 0 radical (unpaired) electrons. The van der Waals surface area contributed by atoms with E-state index in [1.165, 1.54) is 7.11 Å². The molecule has 2 heterocycles. The zero-order chi connectivity index (χ0) is 28.8. The van der Waals surface area contributed by atoms with Crippen molar-refractivity contribution in [3.63, 3.8) is 0 Å². The fraction of sp³-hybridized carbons (Fsp3) is 0.258. The molecule has 2 aliphatic heterocycles. The Labute approximate surface area is 241 Å². The molecule has 41 heavy (non-hydrogen) atoms. The number of carbonyl (C=O) groups excluding carboxylic acids is 5. The third-order valence-corrected chi connectivity index (χ3v) is 8.27. The van der Waals surface area contributed by atoms with Gasteiger partial charge < -0.3 is 14.5 Å². The van der Waals surface area contributed by atoms with Crippen molar-refractivity contribution in [2.75, 3.05) is 23.5 Å². The van der Waals surface area contributed by atoms with Gasteiger partial charge in [0, 0.05) is 11.1 Å². The van der Waals surface area contributed by atoms with Crippen LogP contribution in [0.1, 0.15) is 55.9 Å². The van der Waals surface area contributed by atoms with Crippen LogP contribution >= 0.6 is 11.6 Å². The summed E-state index contributed by atoms with van der Waals surface area (Å²) in [5, 5.41) is 0.391. The SMILES string of the molecule is COC(=O)c1ccc(CN2C(=O)C3CCCC3N(C(=O)CN3C(=O)c4ccccc4C3=O)c3ccc(Cl)cc32)cc1. The maximum absolute atomic E-state index is 14.0. The molecule has 0 aromatic heterocycles. The summed E-state index contributed by atoms with van der Waals surface area (Å²) in [4.78, 5) is 70.2. The number of rotatable bonds is 5. The predicted molar refractivity (Wildman–Crippen MR) is 151 cm³/mol. The number of nitrogens with zero attached hydrogens (tertiary/aromatic N) is 3. The van der Waals surface area contributed by atoms with Crippen LogP contribution < -0.4 is 9.80 Å². The third-order valence-electron chi connectivity index (χ3n) is 8.04. The second kappa shape index (κ2) is 10.5. The maximum Gasteiger partial charge on any atom is 0.337 e. The van der Waals surface area contributed by atoms with Crippen LogP contribution in [0.5, 0.6) is 0 Å². The highest BCUT2D eigenvalue weighted by Gasteiger charge is 2.47. The molecule has 0 bridgehead atoms. The summed E-state index contributed by atoms with van der Waals surface area (Å²) in [5.74, 6) is -2.54. The summed E-state index contributed by atoms with van der Waals surface area (Å²) in [6, 6.07) is 17.9. The lowest BCUT2D eigenvalue weighted by Crippen LogP contribution is -2.49. The zero-order valence-electron chi connectivity index (χ0n) is 22.2. The summed E-state index contributed by atoms with van der Waals surface area (Å²) < 4.78 is 4.78. The first-order chi connectivity index (χ1) is 19.8. The molecule has 1 saturated carbocycles. The standard InChI is InChI=1S/C31H26ClN3O6/c1-41-31(40)19-11-9-18(10-12-19)16-33-26-15-20(32)13-14-25(26)35(24-8-4-7-23(24)30(33)39)27(36)17-34-28(37)21-5-2-3-6-22(21)29(34)38/h2-3,5-6,9-15,23-24H,4,7-8,16-17H2,1H3.